The van der Waals surface area contributed by atoms with Gasteiger partial charge in [-0.1, -0.05) is 0 Å². The molecule has 0 aromatic rings. The number of halogens is 2. The van der Waals surface area contributed by atoms with Crippen LogP contribution in [-0.2, 0) is 21.1 Å². The van der Waals surface area contributed by atoms with Gasteiger partial charge in [0, 0.05) is 0 Å². The quantitative estimate of drug-likeness (QED) is 0.559. The maximum Gasteiger partial charge on any atom is 2.00 e. The number of hydrogen-bond acceptors (Lipinski definition) is 0. The van der Waals surface area contributed by atoms with E-state index in [2.05, 4.69) is 24.3 Å². The summed E-state index contributed by atoms with van der Waals surface area (Å²) >= 11 is 0. The van der Waals surface area contributed by atoms with Crippen LogP contribution in [0.4, 0.5) is 0 Å². The van der Waals surface area contributed by atoms with E-state index in [1.54, 1.807) is 0 Å². The smallest absolute Gasteiger partial charge is 0.273 e. The van der Waals surface area contributed by atoms with E-state index in [0.29, 0.717) is 0 Å². The van der Waals surface area contributed by atoms with E-state index < -0.39 is 0 Å². The maximum absolute atomic E-state index is 2.99. The van der Waals surface area contributed by atoms with Crippen LogP contribution < -0.4 is 0 Å². The molecule has 0 aromatic heterocycles. The number of hydrogen-bond donors (Lipinski definition) is 0. The Kier molecular flexibility index (Phi) is 21.4. The van der Waals surface area contributed by atoms with Crippen molar-refractivity contribution in [2.75, 3.05) is 0 Å². The molecule has 3 heteroatoms. The van der Waals surface area contributed by atoms with E-state index in [9.17, 15) is 0 Å². The van der Waals surface area contributed by atoms with E-state index in [-0.39, 0.29) is 45.9 Å². The fourth-order valence-electron chi connectivity index (χ4n) is 0.680. The Hall–Kier alpha value is 0.228. The second-order valence-electron chi connectivity index (χ2n) is 2.01. The van der Waals surface area contributed by atoms with E-state index in [4.69, 9.17) is 0 Å². The molecule has 0 saturated heterocycles. The minimum absolute atomic E-state index is 0. The van der Waals surface area contributed by atoms with Crippen molar-refractivity contribution >= 4 is 24.8 Å². The topological polar surface area (TPSA) is 0 Å². The Bertz CT molecular complexity index is 151. The molecule has 2 rings (SSSR count). The van der Waals surface area contributed by atoms with Crippen LogP contribution in [-0.4, -0.2) is 0 Å². The Morgan fingerprint density at radius 3 is 1.23 bits per heavy atom. The normalized spacial score (nSPS) is 13.5. The van der Waals surface area contributed by atoms with Gasteiger partial charge in [0.15, 0.2) is 0 Å². The standard InChI is InChI=1S/2C5H5.2ClH.W/c2*1-2-4-5-3-1;;;/h2*1-3H,4H2;2*1H;/q2*-1;;;+2. The van der Waals surface area contributed by atoms with Gasteiger partial charge >= 0.3 is 21.1 Å². The first-order valence-electron chi connectivity index (χ1n) is 3.43. The third-order valence-electron chi connectivity index (χ3n) is 1.17. The summed E-state index contributed by atoms with van der Waals surface area (Å²) in [5.74, 6) is 0. The molecule has 2 aliphatic carbocycles. The summed E-state index contributed by atoms with van der Waals surface area (Å²) in [5, 5.41) is 0. The molecule has 0 amide bonds. The van der Waals surface area contributed by atoms with Crippen LogP contribution in [0.5, 0.6) is 0 Å². The summed E-state index contributed by atoms with van der Waals surface area (Å²) in [6.07, 6.45) is 20.0. The predicted octanol–water partition coefficient (Wildman–Crippen LogP) is 3.45. The van der Waals surface area contributed by atoms with Crippen molar-refractivity contribution < 1.29 is 21.1 Å². The van der Waals surface area contributed by atoms with E-state index >= 15 is 0 Å². The molecule has 2 aliphatic rings. The first-order valence-corrected chi connectivity index (χ1v) is 3.43. The molecule has 0 aliphatic heterocycles. The fraction of sp³-hybridized carbons (Fsp3) is 0.200. The zero-order valence-corrected chi connectivity index (χ0v) is 11.7. The van der Waals surface area contributed by atoms with Crippen LogP contribution in [0.2, 0.25) is 0 Å². The van der Waals surface area contributed by atoms with Gasteiger partial charge in [0.2, 0.25) is 0 Å². The molecule has 0 nitrogen and oxygen atoms in total. The zero-order valence-electron chi connectivity index (χ0n) is 7.10. The summed E-state index contributed by atoms with van der Waals surface area (Å²) in [6, 6.07) is 0. The first-order chi connectivity index (χ1) is 5.00. The van der Waals surface area contributed by atoms with Crippen molar-refractivity contribution in [3.63, 3.8) is 0 Å². The van der Waals surface area contributed by atoms with Crippen LogP contribution >= 0.6 is 24.8 Å². The molecular weight excluding hydrogens is 375 g/mol. The molecule has 0 unspecified atom stereocenters. The van der Waals surface area contributed by atoms with Crippen LogP contribution in [0.15, 0.2) is 36.5 Å². The maximum atomic E-state index is 2.99. The van der Waals surface area contributed by atoms with Gasteiger partial charge in [0.25, 0.3) is 0 Å². The van der Waals surface area contributed by atoms with Gasteiger partial charge in [-0.2, -0.15) is 12.2 Å². The summed E-state index contributed by atoms with van der Waals surface area (Å²) in [6.45, 7) is 0. The zero-order chi connectivity index (χ0) is 7.07. The van der Waals surface area contributed by atoms with Gasteiger partial charge in [-0.05, 0) is 0 Å². The average Bonchev–Trinajstić information content (AvgIpc) is 2.67. The van der Waals surface area contributed by atoms with Crippen molar-refractivity contribution in [2.45, 2.75) is 12.8 Å². The summed E-state index contributed by atoms with van der Waals surface area (Å²) in [5.41, 5.74) is 0. The molecular formula is C10H12Cl2W. The molecule has 0 aromatic carbocycles. The van der Waals surface area contributed by atoms with E-state index in [1.807, 2.05) is 24.3 Å². The third-order valence-corrected chi connectivity index (χ3v) is 1.17. The Morgan fingerprint density at radius 1 is 0.769 bits per heavy atom. The van der Waals surface area contributed by atoms with Crippen molar-refractivity contribution in [3.8, 4) is 0 Å². The molecule has 0 saturated carbocycles. The Labute approximate surface area is 107 Å². The largest absolute Gasteiger partial charge is 2.00 e. The van der Waals surface area contributed by atoms with E-state index in [0.717, 1.165) is 12.8 Å². The summed E-state index contributed by atoms with van der Waals surface area (Å²) < 4.78 is 0. The minimum Gasteiger partial charge on any atom is -0.273 e. The molecule has 13 heavy (non-hydrogen) atoms. The van der Waals surface area contributed by atoms with E-state index in [1.165, 1.54) is 0 Å². The molecule has 0 heterocycles. The van der Waals surface area contributed by atoms with Gasteiger partial charge in [-0.15, -0.1) is 37.7 Å². The Morgan fingerprint density at radius 2 is 1.15 bits per heavy atom. The summed E-state index contributed by atoms with van der Waals surface area (Å²) in [7, 11) is 0. The SMILES string of the molecule is Cl.Cl.[C-]1=CC=CC1.[C-]1=CC=CC1.[W+2]. The monoisotopic (exact) mass is 386 g/mol. The second kappa shape index (κ2) is 14.7. The fourth-order valence-corrected chi connectivity index (χ4v) is 0.680. The molecule has 0 radical (unpaired) electrons. The van der Waals surface area contributed by atoms with Gasteiger partial charge in [0.1, 0.15) is 0 Å². The van der Waals surface area contributed by atoms with Gasteiger partial charge < -0.3 is 0 Å². The third kappa shape index (κ3) is 12.2. The van der Waals surface area contributed by atoms with Crippen molar-refractivity contribution in [3.05, 3.63) is 48.6 Å². The predicted molar refractivity (Wildman–Crippen MR) is 57.6 cm³/mol. The van der Waals surface area contributed by atoms with Crippen LogP contribution in [0.25, 0.3) is 0 Å². The molecule has 0 bridgehead atoms. The molecule has 0 fully saturated rings. The molecule has 0 N–H and O–H groups in total. The minimum atomic E-state index is 0. The van der Waals surface area contributed by atoms with Crippen LogP contribution in [0, 0.1) is 12.2 Å². The number of allylic oxidation sites excluding steroid dienone is 8. The Balaban J connectivity index is -0.000000125. The molecule has 72 valence electrons. The second-order valence-corrected chi connectivity index (χ2v) is 2.01. The van der Waals surface area contributed by atoms with Crippen molar-refractivity contribution in [1.29, 1.82) is 0 Å². The average molecular weight is 387 g/mol. The van der Waals surface area contributed by atoms with Gasteiger partial charge in [-0.3, -0.25) is 12.2 Å². The number of rotatable bonds is 0. The first kappa shape index (κ1) is 18.9. The van der Waals surface area contributed by atoms with Crippen molar-refractivity contribution in [2.24, 2.45) is 0 Å². The molecule has 0 atom stereocenters. The summed E-state index contributed by atoms with van der Waals surface area (Å²) in [4.78, 5) is 0. The van der Waals surface area contributed by atoms with Gasteiger partial charge in [-0.25, -0.2) is 24.3 Å². The van der Waals surface area contributed by atoms with Crippen LogP contribution in [0.1, 0.15) is 12.8 Å². The van der Waals surface area contributed by atoms with Gasteiger partial charge in [0.05, 0.1) is 0 Å². The molecule has 0 spiro atoms. The van der Waals surface area contributed by atoms with Crippen molar-refractivity contribution in [1.82, 2.24) is 0 Å². The van der Waals surface area contributed by atoms with Crippen LogP contribution in [0.3, 0.4) is 0 Å².